The van der Waals surface area contributed by atoms with Crippen LogP contribution < -0.4 is 0 Å². The number of methoxy groups -OCH3 is 1. The van der Waals surface area contributed by atoms with E-state index in [1.165, 1.54) is 0 Å². The van der Waals surface area contributed by atoms with Crippen molar-refractivity contribution in [2.45, 2.75) is 32.8 Å². The van der Waals surface area contributed by atoms with Crippen LogP contribution in [-0.2, 0) is 19.0 Å². The molecule has 0 fully saturated rings. The van der Waals surface area contributed by atoms with Crippen LogP contribution in [0.4, 0.5) is 0 Å². The van der Waals surface area contributed by atoms with Gasteiger partial charge in [0.05, 0.1) is 19.3 Å². The highest BCUT2D eigenvalue weighted by molar-refractivity contribution is 5.70. The van der Waals surface area contributed by atoms with Crippen LogP contribution in [0.5, 0.6) is 0 Å². The van der Waals surface area contributed by atoms with E-state index < -0.39 is 0 Å². The van der Waals surface area contributed by atoms with Gasteiger partial charge in [-0.2, -0.15) is 0 Å². The van der Waals surface area contributed by atoms with Crippen molar-refractivity contribution in [2.75, 3.05) is 26.9 Å². The molecule has 4 nitrogen and oxygen atoms in total. The molecule has 0 rings (SSSR count). The van der Waals surface area contributed by atoms with Gasteiger partial charge < -0.3 is 14.2 Å². The Morgan fingerprint density at radius 1 is 1.43 bits per heavy atom. The number of ether oxygens (including phenoxy) is 3. The van der Waals surface area contributed by atoms with E-state index in [2.05, 4.69) is 0 Å². The molecule has 0 saturated carbocycles. The molecule has 1 atom stereocenters. The summed E-state index contributed by atoms with van der Waals surface area (Å²) in [6.07, 6.45) is 1.85. The first-order valence-corrected chi connectivity index (χ1v) is 4.96. The summed E-state index contributed by atoms with van der Waals surface area (Å²) in [4.78, 5) is 11.0. The van der Waals surface area contributed by atoms with Gasteiger partial charge in [0, 0.05) is 7.11 Å². The largest absolute Gasteiger partial charge is 0.464 e. The monoisotopic (exact) mass is 204 g/mol. The molecule has 0 aromatic rings. The highest BCUT2D eigenvalue weighted by Crippen LogP contribution is 1.93. The van der Waals surface area contributed by atoms with Crippen molar-refractivity contribution in [2.24, 2.45) is 0 Å². The van der Waals surface area contributed by atoms with E-state index in [1.807, 2.05) is 13.8 Å². The first-order valence-electron chi connectivity index (χ1n) is 4.96. The van der Waals surface area contributed by atoms with Crippen molar-refractivity contribution in [1.82, 2.24) is 0 Å². The molecule has 1 unspecified atom stereocenters. The Bertz CT molecular complexity index is 147. The van der Waals surface area contributed by atoms with Gasteiger partial charge in [-0.3, -0.25) is 0 Å². The van der Waals surface area contributed by atoms with Gasteiger partial charge in [0.15, 0.2) is 0 Å². The summed E-state index contributed by atoms with van der Waals surface area (Å²) in [5.74, 6) is -0.304. The van der Waals surface area contributed by atoms with Gasteiger partial charge in [-0.15, -0.1) is 0 Å². The average molecular weight is 204 g/mol. The van der Waals surface area contributed by atoms with Gasteiger partial charge >= 0.3 is 5.97 Å². The number of rotatable bonds is 8. The number of hydrogen-bond donors (Lipinski definition) is 0. The molecule has 0 spiro atoms. The summed E-state index contributed by atoms with van der Waals surface area (Å²) in [5.41, 5.74) is 0. The van der Waals surface area contributed by atoms with Crippen LogP contribution in [0, 0.1) is 0 Å². The van der Waals surface area contributed by atoms with Crippen molar-refractivity contribution in [3.63, 3.8) is 0 Å². The second-order valence-electron chi connectivity index (χ2n) is 3.15. The molecule has 0 aromatic heterocycles. The van der Waals surface area contributed by atoms with Crippen LogP contribution in [0.2, 0.25) is 0 Å². The minimum Gasteiger partial charge on any atom is -0.464 e. The first kappa shape index (κ1) is 13.4. The second kappa shape index (κ2) is 8.97. The lowest BCUT2D eigenvalue weighted by molar-refractivity contribution is -0.151. The minimum atomic E-state index is -0.304. The topological polar surface area (TPSA) is 44.8 Å². The standard InChI is InChI=1S/C10H20O4/c1-4-5-6-13-10(11)8-14-9(2)7-12-3/h9H,4-8H2,1-3H3. The zero-order valence-electron chi connectivity index (χ0n) is 9.25. The number of hydrogen-bond acceptors (Lipinski definition) is 4. The molecule has 0 aliphatic carbocycles. The van der Waals surface area contributed by atoms with E-state index in [4.69, 9.17) is 14.2 Å². The second-order valence-corrected chi connectivity index (χ2v) is 3.15. The summed E-state index contributed by atoms with van der Waals surface area (Å²) in [5, 5.41) is 0. The van der Waals surface area contributed by atoms with Crippen LogP contribution in [0.1, 0.15) is 26.7 Å². The summed E-state index contributed by atoms with van der Waals surface area (Å²) < 4.78 is 14.9. The summed E-state index contributed by atoms with van der Waals surface area (Å²) in [7, 11) is 1.60. The Labute approximate surface area is 85.5 Å². The maximum absolute atomic E-state index is 11.0. The van der Waals surface area contributed by atoms with E-state index in [-0.39, 0.29) is 18.7 Å². The highest BCUT2D eigenvalue weighted by atomic mass is 16.6. The molecule has 0 aliphatic heterocycles. The van der Waals surface area contributed by atoms with E-state index in [0.717, 1.165) is 12.8 Å². The van der Waals surface area contributed by atoms with E-state index >= 15 is 0 Å². The molecule has 0 aromatic carbocycles. The van der Waals surface area contributed by atoms with E-state index in [1.54, 1.807) is 7.11 Å². The third-order valence-corrected chi connectivity index (χ3v) is 1.65. The van der Waals surface area contributed by atoms with Crippen molar-refractivity contribution in [1.29, 1.82) is 0 Å². The predicted octanol–water partition coefficient (Wildman–Crippen LogP) is 1.38. The number of unbranched alkanes of at least 4 members (excludes halogenated alkanes) is 1. The van der Waals surface area contributed by atoms with Gasteiger partial charge in [-0.05, 0) is 13.3 Å². The fourth-order valence-corrected chi connectivity index (χ4v) is 0.865. The molecule has 84 valence electrons. The van der Waals surface area contributed by atoms with Crippen LogP contribution >= 0.6 is 0 Å². The van der Waals surface area contributed by atoms with Crippen LogP contribution in [0.15, 0.2) is 0 Å². The Morgan fingerprint density at radius 2 is 2.14 bits per heavy atom. The van der Waals surface area contributed by atoms with E-state index in [0.29, 0.717) is 13.2 Å². The molecule has 0 radical (unpaired) electrons. The van der Waals surface area contributed by atoms with Crippen LogP contribution in [0.25, 0.3) is 0 Å². The number of esters is 1. The minimum absolute atomic E-state index is 0.00818. The molecule has 4 heteroatoms. The molecular weight excluding hydrogens is 184 g/mol. The fraction of sp³-hybridized carbons (Fsp3) is 0.900. The van der Waals surface area contributed by atoms with E-state index in [9.17, 15) is 4.79 Å². The summed E-state index contributed by atoms with van der Waals surface area (Å²) in [6, 6.07) is 0. The molecule has 0 aliphatic rings. The Kier molecular flexibility index (Phi) is 8.57. The Hall–Kier alpha value is -0.610. The first-order chi connectivity index (χ1) is 6.70. The fourth-order valence-electron chi connectivity index (χ4n) is 0.865. The van der Waals surface area contributed by atoms with Gasteiger partial charge in [0.1, 0.15) is 6.61 Å². The average Bonchev–Trinajstić information content (AvgIpc) is 2.16. The van der Waals surface area contributed by atoms with Crippen molar-refractivity contribution >= 4 is 5.97 Å². The lowest BCUT2D eigenvalue weighted by Gasteiger charge is -2.11. The van der Waals surface area contributed by atoms with Crippen molar-refractivity contribution in [3.05, 3.63) is 0 Å². The Morgan fingerprint density at radius 3 is 2.71 bits per heavy atom. The molecular formula is C10H20O4. The smallest absolute Gasteiger partial charge is 0.332 e. The molecule has 0 heterocycles. The zero-order valence-corrected chi connectivity index (χ0v) is 9.25. The van der Waals surface area contributed by atoms with Crippen molar-refractivity contribution in [3.8, 4) is 0 Å². The molecule has 0 saturated heterocycles. The SMILES string of the molecule is CCCCOC(=O)COC(C)COC. The Balaban J connectivity index is 3.34. The summed E-state index contributed by atoms with van der Waals surface area (Å²) >= 11 is 0. The zero-order chi connectivity index (χ0) is 10.8. The quantitative estimate of drug-likeness (QED) is 0.442. The van der Waals surface area contributed by atoms with Gasteiger partial charge in [-0.25, -0.2) is 4.79 Å². The lowest BCUT2D eigenvalue weighted by atomic mass is 10.4. The number of carbonyl (C=O) groups excluding carboxylic acids is 1. The molecule has 14 heavy (non-hydrogen) atoms. The van der Waals surface area contributed by atoms with Crippen LogP contribution in [0.3, 0.4) is 0 Å². The summed E-state index contributed by atoms with van der Waals surface area (Å²) in [6.45, 7) is 4.88. The predicted molar refractivity (Wildman–Crippen MR) is 53.2 cm³/mol. The number of carbonyl (C=O) groups is 1. The maximum Gasteiger partial charge on any atom is 0.332 e. The van der Waals surface area contributed by atoms with Gasteiger partial charge in [-0.1, -0.05) is 13.3 Å². The third-order valence-electron chi connectivity index (χ3n) is 1.65. The van der Waals surface area contributed by atoms with Crippen molar-refractivity contribution < 1.29 is 19.0 Å². The highest BCUT2D eigenvalue weighted by Gasteiger charge is 2.06. The van der Waals surface area contributed by atoms with Gasteiger partial charge in [0.25, 0.3) is 0 Å². The maximum atomic E-state index is 11.0. The molecule has 0 amide bonds. The third kappa shape index (κ3) is 8.01. The van der Waals surface area contributed by atoms with Gasteiger partial charge in [0.2, 0.25) is 0 Å². The molecule has 0 bridgehead atoms. The van der Waals surface area contributed by atoms with Crippen LogP contribution in [-0.4, -0.2) is 39.0 Å². The lowest BCUT2D eigenvalue weighted by Crippen LogP contribution is -2.21. The molecule has 0 N–H and O–H groups in total. The normalized spacial score (nSPS) is 12.5.